The fourth-order valence-electron chi connectivity index (χ4n) is 1.48. The molecule has 0 aliphatic carbocycles. The van der Waals surface area contributed by atoms with Crippen LogP contribution in [0, 0.1) is 17.0 Å². The minimum atomic E-state index is -1.81. The van der Waals surface area contributed by atoms with Crippen LogP contribution in [-0.2, 0) is 4.79 Å². The molecule has 7 heteroatoms. The Balaban J connectivity index is 3.42. The molecule has 0 amide bonds. The van der Waals surface area contributed by atoms with Crippen molar-refractivity contribution in [2.45, 2.75) is 13.0 Å². The molecular formula is C10H9NO6. The average molecular weight is 239 g/mol. The average Bonchev–Trinajstić information content (AvgIpc) is 2.25. The Hall–Kier alpha value is -2.28. The molecule has 0 aliphatic rings. The lowest BCUT2D eigenvalue weighted by Crippen LogP contribution is -2.11. The van der Waals surface area contributed by atoms with Gasteiger partial charge >= 0.3 is 5.97 Å². The van der Waals surface area contributed by atoms with Gasteiger partial charge in [-0.3, -0.25) is 14.9 Å². The third-order valence-corrected chi connectivity index (χ3v) is 2.21. The van der Waals surface area contributed by atoms with Crippen molar-refractivity contribution in [3.63, 3.8) is 0 Å². The van der Waals surface area contributed by atoms with Crippen molar-refractivity contribution in [3.05, 3.63) is 38.9 Å². The maximum absolute atomic E-state index is 10.7. The van der Waals surface area contributed by atoms with Crippen molar-refractivity contribution < 1.29 is 24.7 Å². The van der Waals surface area contributed by atoms with Crippen LogP contribution in [0.1, 0.15) is 27.6 Å². The van der Waals surface area contributed by atoms with Crippen LogP contribution >= 0.6 is 0 Å². The van der Waals surface area contributed by atoms with Crippen LogP contribution < -0.4 is 0 Å². The van der Waals surface area contributed by atoms with Gasteiger partial charge in [0.05, 0.1) is 10.5 Å². The number of benzene rings is 1. The monoisotopic (exact) mass is 239 g/mol. The van der Waals surface area contributed by atoms with Gasteiger partial charge in [0.1, 0.15) is 0 Å². The van der Waals surface area contributed by atoms with Crippen molar-refractivity contribution in [1.82, 2.24) is 0 Å². The van der Waals surface area contributed by atoms with Gasteiger partial charge in [0, 0.05) is 5.56 Å². The summed E-state index contributed by atoms with van der Waals surface area (Å²) in [6, 6.07) is 2.17. The number of carboxylic acids is 1. The van der Waals surface area contributed by atoms with E-state index in [4.69, 9.17) is 5.11 Å². The number of aldehydes is 1. The Labute approximate surface area is 95.5 Å². The summed E-state index contributed by atoms with van der Waals surface area (Å²) in [4.78, 5) is 31.2. The molecule has 1 aromatic rings. The number of carbonyl (C=O) groups is 2. The summed E-state index contributed by atoms with van der Waals surface area (Å²) < 4.78 is 0. The minimum absolute atomic E-state index is 0.0669. The lowest BCUT2D eigenvalue weighted by Gasteiger charge is -2.08. The summed E-state index contributed by atoms with van der Waals surface area (Å²) in [6.45, 7) is 1.36. The first-order valence-electron chi connectivity index (χ1n) is 4.53. The Kier molecular flexibility index (Phi) is 3.54. The predicted molar refractivity (Wildman–Crippen MR) is 55.8 cm³/mol. The van der Waals surface area contributed by atoms with E-state index in [2.05, 4.69) is 0 Å². The molecule has 0 radical (unpaired) electrons. The van der Waals surface area contributed by atoms with Gasteiger partial charge in [-0.2, -0.15) is 0 Å². The van der Waals surface area contributed by atoms with Gasteiger partial charge < -0.3 is 10.2 Å². The first kappa shape index (κ1) is 12.8. The Morgan fingerprint density at radius 2 is 2.12 bits per heavy atom. The highest BCUT2D eigenvalue weighted by atomic mass is 16.6. The second-order valence-corrected chi connectivity index (χ2v) is 3.39. The molecule has 90 valence electrons. The number of rotatable bonds is 4. The number of nitrogens with zero attached hydrogens (tertiary/aromatic N) is 1. The lowest BCUT2D eigenvalue weighted by molar-refractivity contribution is -0.385. The molecule has 0 spiro atoms. The topological polar surface area (TPSA) is 118 Å². The summed E-state index contributed by atoms with van der Waals surface area (Å²) in [6.07, 6.45) is -1.56. The third-order valence-electron chi connectivity index (χ3n) is 2.21. The van der Waals surface area contributed by atoms with Gasteiger partial charge in [-0.15, -0.1) is 0 Å². The van der Waals surface area contributed by atoms with E-state index in [9.17, 15) is 24.8 Å². The SMILES string of the molecule is Cc1cc(C(O)C(=O)O)cc(C=O)c1[N+](=O)[O-]. The first-order valence-corrected chi connectivity index (χ1v) is 4.53. The number of hydrogen-bond acceptors (Lipinski definition) is 5. The molecule has 2 N–H and O–H groups in total. The smallest absolute Gasteiger partial charge is 0.337 e. The van der Waals surface area contributed by atoms with Crippen molar-refractivity contribution >= 4 is 17.9 Å². The van der Waals surface area contributed by atoms with Crippen LogP contribution in [0.15, 0.2) is 12.1 Å². The zero-order chi connectivity index (χ0) is 13.2. The maximum atomic E-state index is 10.7. The number of nitro groups is 1. The molecule has 0 aliphatic heterocycles. The number of nitro benzene ring substituents is 1. The van der Waals surface area contributed by atoms with Crippen molar-refractivity contribution in [1.29, 1.82) is 0 Å². The van der Waals surface area contributed by atoms with E-state index in [1.165, 1.54) is 13.0 Å². The van der Waals surface area contributed by atoms with Gasteiger partial charge in [0.2, 0.25) is 0 Å². The number of aliphatic hydroxyl groups excluding tert-OH is 1. The van der Waals surface area contributed by atoms with Crippen LogP contribution in [0.4, 0.5) is 5.69 Å². The van der Waals surface area contributed by atoms with Gasteiger partial charge in [0.25, 0.3) is 5.69 Å². The van der Waals surface area contributed by atoms with E-state index in [0.717, 1.165) is 6.07 Å². The highest BCUT2D eigenvalue weighted by Gasteiger charge is 2.23. The van der Waals surface area contributed by atoms with E-state index in [1.54, 1.807) is 0 Å². The van der Waals surface area contributed by atoms with E-state index in [-0.39, 0.29) is 28.7 Å². The molecular weight excluding hydrogens is 230 g/mol. The van der Waals surface area contributed by atoms with E-state index >= 15 is 0 Å². The summed E-state index contributed by atoms with van der Waals surface area (Å²) >= 11 is 0. The molecule has 0 saturated heterocycles. The molecule has 0 bridgehead atoms. The predicted octanol–water partition coefficient (Wildman–Crippen LogP) is 0.834. The van der Waals surface area contributed by atoms with E-state index in [1.807, 2.05) is 0 Å². The van der Waals surface area contributed by atoms with Crippen LogP contribution in [0.3, 0.4) is 0 Å². The highest BCUT2D eigenvalue weighted by Crippen LogP contribution is 2.26. The second kappa shape index (κ2) is 4.71. The second-order valence-electron chi connectivity index (χ2n) is 3.39. The Bertz CT molecular complexity index is 496. The fraction of sp³-hybridized carbons (Fsp3) is 0.200. The molecule has 1 aromatic carbocycles. The zero-order valence-corrected chi connectivity index (χ0v) is 8.78. The Morgan fingerprint density at radius 1 is 1.53 bits per heavy atom. The molecule has 0 fully saturated rings. The van der Waals surface area contributed by atoms with E-state index < -0.39 is 17.0 Å². The molecule has 1 rings (SSSR count). The van der Waals surface area contributed by atoms with Crippen LogP contribution in [0.5, 0.6) is 0 Å². The number of hydrogen-bond donors (Lipinski definition) is 2. The van der Waals surface area contributed by atoms with Gasteiger partial charge in [-0.05, 0) is 24.6 Å². The number of carboxylic acid groups (broad SMARTS) is 1. The molecule has 0 aromatic heterocycles. The van der Waals surface area contributed by atoms with Gasteiger partial charge in [-0.25, -0.2) is 4.79 Å². The fourth-order valence-corrected chi connectivity index (χ4v) is 1.48. The Morgan fingerprint density at radius 3 is 2.53 bits per heavy atom. The van der Waals surface area contributed by atoms with Gasteiger partial charge in [0.15, 0.2) is 12.4 Å². The van der Waals surface area contributed by atoms with Gasteiger partial charge in [-0.1, -0.05) is 0 Å². The number of aliphatic carboxylic acids is 1. The minimum Gasteiger partial charge on any atom is -0.479 e. The largest absolute Gasteiger partial charge is 0.479 e. The lowest BCUT2D eigenvalue weighted by atomic mass is 10.0. The molecule has 0 heterocycles. The number of aryl methyl sites for hydroxylation is 1. The number of carbonyl (C=O) groups excluding carboxylic acids is 1. The van der Waals surface area contributed by atoms with E-state index in [0.29, 0.717) is 0 Å². The van der Waals surface area contributed by atoms with Crippen LogP contribution in [-0.4, -0.2) is 27.4 Å². The normalized spacial score (nSPS) is 11.9. The molecule has 0 saturated carbocycles. The van der Waals surface area contributed by atoms with Crippen LogP contribution in [0.2, 0.25) is 0 Å². The quantitative estimate of drug-likeness (QED) is 0.456. The number of aliphatic hydroxyl groups is 1. The first-order chi connectivity index (χ1) is 7.88. The highest BCUT2D eigenvalue weighted by molar-refractivity contribution is 5.84. The zero-order valence-electron chi connectivity index (χ0n) is 8.78. The summed E-state index contributed by atoms with van der Waals surface area (Å²) in [5, 5.41) is 28.6. The third kappa shape index (κ3) is 2.45. The van der Waals surface area contributed by atoms with Crippen molar-refractivity contribution in [2.24, 2.45) is 0 Å². The maximum Gasteiger partial charge on any atom is 0.337 e. The summed E-state index contributed by atoms with van der Waals surface area (Å²) in [7, 11) is 0. The molecule has 1 unspecified atom stereocenters. The molecule has 1 atom stereocenters. The standard InChI is InChI=1S/C10H9NO6/c1-5-2-6(9(13)10(14)15)3-7(4-12)8(5)11(16)17/h2-4,9,13H,1H3,(H,14,15). The summed E-state index contributed by atoms with van der Waals surface area (Å²) in [5.74, 6) is -1.49. The summed E-state index contributed by atoms with van der Waals surface area (Å²) in [5.41, 5.74) is -0.593. The molecule has 7 nitrogen and oxygen atoms in total. The van der Waals surface area contributed by atoms with Crippen molar-refractivity contribution in [3.8, 4) is 0 Å². The van der Waals surface area contributed by atoms with Crippen LogP contribution in [0.25, 0.3) is 0 Å². The van der Waals surface area contributed by atoms with Crippen molar-refractivity contribution in [2.75, 3.05) is 0 Å². The molecule has 17 heavy (non-hydrogen) atoms.